The van der Waals surface area contributed by atoms with Gasteiger partial charge in [-0.1, -0.05) is 0 Å². The fourth-order valence-electron chi connectivity index (χ4n) is 0.934. The normalized spacial score (nSPS) is 19.8. The van der Waals surface area contributed by atoms with E-state index < -0.39 is 0 Å². The maximum Gasteiger partial charge on any atom is 0.0356 e. The Morgan fingerprint density at radius 3 is 2.50 bits per heavy atom. The second-order valence-corrected chi connectivity index (χ2v) is 2.11. The van der Waals surface area contributed by atoms with Crippen molar-refractivity contribution >= 4 is 0 Å². The largest absolute Gasteiger partial charge is 0.390 e. The molecule has 2 N–H and O–H groups in total. The van der Waals surface area contributed by atoms with E-state index in [9.17, 15) is 0 Å². The summed E-state index contributed by atoms with van der Waals surface area (Å²) in [5, 5.41) is 6.37. The summed E-state index contributed by atoms with van der Waals surface area (Å²) < 4.78 is 0. The van der Waals surface area contributed by atoms with Gasteiger partial charge >= 0.3 is 0 Å². The molecule has 1 rings (SSSR count). The van der Waals surface area contributed by atoms with Crippen molar-refractivity contribution in [3.05, 3.63) is 11.3 Å². The summed E-state index contributed by atoms with van der Waals surface area (Å²) in [6, 6.07) is 0. The van der Waals surface area contributed by atoms with Gasteiger partial charge in [0.25, 0.3) is 0 Å². The Balaban J connectivity index is 2.58. The predicted octanol–water partition coefficient (Wildman–Crippen LogP) is 0.0830. The fourth-order valence-corrected chi connectivity index (χ4v) is 0.934. The average molecular weight is 112 g/mol. The fraction of sp³-hybridized carbons (Fsp3) is 0.667. The van der Waals surface area contributed by atoms with Crippen LogP contribution in [0.1, 0.15) is 6.92 Å². The van der Waals surface area contributed by atoms with Crippen molar-refractivity contribution in [2.24, 2.45) is 0 Å². The van der Waals surface area contributed by atoms with Crippen LogP contribution in [0.2, 0.25) is 0 Å². The second-order valence-electron chi connectivity index (χ2n) is 2.11. The molecule has 0 aromatic heterocycles. The average Bonchev–Trinajstić information content (AvgIpc) is 2.14. The van der Waals surface area contributed by atoms with Crippen LogP contribution < -0.4 is 10.6 Å². The van der Waals surface area contributed by atoms with Crippen LogP contribution in [0.15, 0.2) is 11.3 Å². The monoisotopic (exact) mass is 112 g/mol. The highest BCUT2D eigenvalue weighted by atomic mass is 15.0. The van der Waals surface area contributed by atoms with E-state index in [1.807, 2.05) is 7.05 Å². The summed E-state index contributed by atoms with van der Waals surface area (Å²) in [5.41, 5.74) is 2.79. The molecule has 0 saturated carbocycles. The van der Waals surface area contributed by atoms with Crippen molar-refractivity contribution in [1.29, 1.82) is 0 Å². The Labute approximate surface area is 50.0 Å². The zero-order valence-corrected chi connectivity index (χ0v) is 5.41. The first-order valence-electron chi connectivity index (χ1n) is 2.91. The van der Waals surface area contributed by atoms with Gasteiger partial charge in [0.05, 0.1) is 0 Å². The van der Waals surface area contributed by atoms with Gasteiger partial charge in [-0.2, -0.15) is 0 Å². The molecule has 0 aromatic rings. The van der Waals surface area contributed by atoms with Crippen LogP contribution in [0, 0.1) is 0 Å². The van der Waals surface area contributed by atoms with Gasteiger partial charge in [-0.15, -0.1) is 0 Å². The predicted molar refractivity (Wildman–Crippen MR) is 34.6 cm³/mol. The topological polar surface area (TPSA) is 24.1 Å². The van der Waals surface area contributed by atoms with Crippen molar-refractivity contribution in [1.82, 2.24) is 10.6 Å². The summed E-state index contributed by atoms with van der Waals surface area (Å²) in [7, 11) is 1.96. The van der Waals surface area contributed by atoms with Crippen LogP contribution in [-0.4, -0.2) is 20.1 Å². The van der Waals surface area contributed by atoms with E-state index in [2.05, 4.69) is 17.6 Å². The molecule has 0 fully saturated rings. The van der Waals surface area contributed by atoms with Crippen LogP contribution >= 0.6 is 0 Å². The number of rotatable bonds is 1. The smallest absolute Gasteiger partial charge is 0.0356 e. The molecule has 0 radical (unpaired) electrons. The highest BCUT2D eigenvalue weighted by Crippen LogP contribution is 2.02. The quantitative estimate of drug-likeness (QED) is 0.502. The molecular weight excluding hydrogens is 100 g/mol. The van der Waals surface area contributed by atoms with E-state index >= 15 is 0 Å². The first-order valence-corrected chi connectivity index (χ1v) is 2.91. The summed E-state index contributed by atoms with van der Waals surface area (Å²) in [5.74, 6) is 0. The maximum absolute atomic E-state index is 3.24. The Bertz CT molecular complexity index is 116. The SMILES string of the molecule is CNC1=C(C)CNC1. The molecule has 2 heteroatoms. The van der Waals surface area contributed by atoms with Crippen molar-refractivity contribution in [3.8, 4) is 0 Å². The summed E-state index contributed by atoms with van der Waals surface area (Å²) in [6.07, 6.45) is 0. The van der Waals surface area contributed by atoms with E-state index in [-0.39, 0.29) is 0 Å². The number of nitrogens with one attached hydrogen (secondary N) is 2. The van der Waals surface area contributed by atoms with Crippen LogP contribution in [-0.2, 0) is 0 Å². The Morgan fingerprint density at radius 2 is 2.25 bits per heavy atom. The number of hydrogen-bond donors (Lipinski definition) is 2. The molecule has 8 heavy (non-hydrogen) atoms. The van der Waals surface area contributed by atoms with Crippen molar-refractivity contribution < 1.29 is 0 Å². The van der Waals surface area contributed by atoms with Gasteiger partial charge in [0.2, 0.25) is 0 Å². The van der Waals surface area contributed by atoms with E-state index in [1.165, 1.54) is 11.3 Å². The lowest BCUT2D eigenvalue weighted by Crippen LogP contribution is -2.14. The maximum atomic E-state index is 3.24. The minimum atomic E-state index is 1.02. The van der Waals surface area contributed by atoms with Crippen LogP contribution in [0.3, 0.4) is 0 Å². The van der Waals surface area contributed by atoms with Crippen LogP contribution in [0.5, 0.6) is 0 Å². The van der Waals surface area contributed by atoms with E-state index in [0.717, 1.165) is 13.1 Å². The minimum Gasteiger partial charge on any atom is -0.390 e. The van der Waals surface area contributed by atoms with Crippen molar-refractivity contribution in [3.63, 3.8) is 0 Å². The summed E-state index contributed by atoms with van der Waals surface area (Å²) >= 11 is 0. The van der Waals surface area contributed by atoms with Crippen molar-refractivity contribution in [2.45, 2.75) is 6.92 Å². The number of hydrogen-bond acceptors (Lipinski definition) is 2. The molecule has 0 amide bonds. The lowest BCUT2D eigenvalue weighted by atomic mass is 10.3. The van der Waals surface area contributed by atoms with E-state index in [1.54, 1.807) is 0 Å². The third-order valence-electron chi connectivity index (χ3n) is 1.51. The first kappa shape index (κ1) is 5.63. The summed E-state index contributed by atoms with van der Waals surface area (Å²) in [6.45, 7) is 4.21. The second kappa shape index (κ2) is 2.18. The Kier molecular flexibility index (Phi) is 1.53. The van der Waals surface area contributed by atoms with Gasteiger partial charge in [0, 0.05) is 25.8 Å². The Morgan fingerprint density at radius 1 is 1.50 bits per heavy atom. The molecule has 1 heterocycles. The van der Waals surface area contributed by atoms with E-state index in [0.29, 0.717) is 0 Å². The van der Waals surface area contributed by atoms with Gasteiger partial charge < -0.3 is 10.6 Å². The highest BCUT2D eigenvalue weighted by Gasteiger charge is 2.05. The van der Waals surface area contributed by atoms with Gasteiger partial charge in [-0.3, -0.25) is 0 Å². The molecule has 2 nitrogen and oxygen atoms in total. The molecule has 1 aliphatic rings. The molecule has 0 saturated heterocycles. The highest BCUT2D eigenvalue weighted by molar-refractivity contribution is 5.17. The molecule has 46 valence electrons. The van der Waals surface area contributed by atoms with Gasteiger partial charge in [0.1, 0.15) is 0 Å². The molecule has 0 unspecified atom stereocenters. The zero-order chi connectivity index (χ0) is 5.98. The third-order valence-corrected chi connectivity index (χ3v) is 1.51. The lowest BCUT2D eigenvalue weighted by Gasteiger charge is -1.97. The van der Waals surface area contributed by atoms with Crippen LogP contribution in [0.25, 0.3) is 0 Å². The van der Waals surface area contributed by atoms with E-state index in [4.69, 9.17) is 0 Å². The molecular formula is C6H12N2. The molecule has 0 aromatic carbocycles. The van der Waals surface area contributed by atoms with Crippen molar-refractivity contribution in [2.75, 3.05) is 20.1 Å². The van der Waals surface area contributed by atoms with Crippen LogP contribution in [0.4, 0.5) is 0 Å². The molecule has 0 spiro atoms. The van der Waals surface area contributed by atoms with Gasteiger partial charge in [-0.25, -0.2) is 0 Å². The molecule has 1 aliphatic heterocycles. The first-order chi connectivity index (χ1) is 3.84. The molecule has 0 atom stereocenters. The standard InChI is InChI=1S/C6H12N2/c1-5-3-8-4-6(5)7-2/h7-8H,3-4H2,1-2H3. The zero-order valence-electron chi connectivity index (χ0n) is 5.41. The molecule has 0 bridgehead atoms. The lowest BCUT2D eigenvalue weighted by molar-refractivity contribution is 0.831. The summed E-state index contributed by atoms with van der Waals surface area (Å²) in [4.78, 5) is 0. The Hall–Kier alpha value is -0.500. The third kappa shape index (κ3) is 0.842. The minimum absolute atomic E-state index is 1.02. The van der Waals surface area contributed by atoms with Gasteiger partial charge in [-0.05, 0) is 12.5 Å². The number of likely N-dealkylation sites (N-methyl/N-ethyl adjacent to an activating group) is 1. The van der Waals surface area contributed by atoms with Gasteiger partial charge in [0.15, 0.2) is 0 Å². The molecule has 0 aliphatic carbocycles.